The highest BCUT2D eigenvalue weighted by Crippen LogP contribution is 2.27. The fourth-order valence-electron chi connectivity index (χ4n) is 1.60. The van der Waals surface area contributed by atoms with E-state index in [1.807, 2.05) is 29.6 Å². The number of halogens is 1. The normalized spacial score (nSPS) is 10.4. The molecule has 4 nitrogen and oxygen atoms in total. The molecule has 0 bridgehead atoms. The highest BCUT2D eigenvalue weighted by molar-refractivity contribution is 9.10. The van der Waals surface area contributed by atoms with Crippen molar-refractivity contribution in [1.29, 1.82) is 0 Å². The van der Waals surface area contributed by atoms with Crippen molar-refractivity contribution < 1.29 is 4.79 Å². The summed E-state index contributed by atoms with van der Waals surface area (Å²) in [5.41, 5.74) is 3.88. The van der Waals surface area contributed by atoms with Crippen LogP contribution in [0.25, 0.3) is 11.3 Å². The Morgan fingerprint density at radius 3 is 2.95 bits per heavy atom. The van der Waals surface area contributed by atoms with Crippen molar-refractivity contribution in [2.24, 2.45) is 0 Å². The Labute approximate surface area is 131 Å². The van der Waals surface area contributed by atoms with Crippen molar-refractivity contribution in [3.63, 3.8) is 0 Å². The van der Waals surface area contributed by atoms with Gasteiger partial charge in [-0.1, -0.05) is 28.1 Å². The monoisotopic (exact) mass is 365 g/mol. The molecule has 0 saturated heterocycles. The fraction of sp³-hybridized carbons (Fsp3) is 0. The summed E-state index contributed by atoms with van der Waals surface area (Å²) in [6.07, 6.45) is 0. The van der Waals surface area contributed by atoms with Gasteiger partial charge in [-0.2, -0.15) is 0 Å². The molecule has 2 aromatic heterocycles. The minimum atomic E-state index is -0.235. The number of nitrogens with zero attached hydrogens (tertiary/aromatic N) is 2. The molecule has 0 atom stereocenters. The quantitative estimate of drug-likeness (QED) is 0.753. The van der Waals surface area contributed by atoms with Gasteiger partial charge in [0, 0.05) is 20.8 Å². The Morgan fingerprint density at radius 1 is 1.30 bits per heavy atom. The molecular weight excluding hydrogens is 358 g/mol. The number of benzene rings is 1. The minimum absolute atomic E-state index is 0.235. The topological polar surface area (TPSA) is 54.9 Å². The summed E-state index contributed by atoms with van der Waals surface area (Å²) in [6.45, 7) is 0. The van der Waals surface area contributed by atoms with E-state index in [1.54, 1.807) is 10.9 Å². The molecule has 2 heterocycles. The van der Waals surface area contributed by atoms with Crippen molar-refractivity contribution in [2.45, 2.75) is 0 Å². The Morgan fingerprint density at radius 2 is 2.20 bits per heavy atom. The molecule has 20 heavy (non-hydrogen) atoms. The molecule has 1 aromatic carbocycles. The summed E-state index contributed by atoms with van der Waals surface area (Å²) in [6, 6.07) is 7.88. The summed E-state index contributed by atoms with van der Waals surface area (Å²) >= 11 is 6.21. The molecule has 3 aromatic rings. The fourth-order valence-corrected chi connectivity index (χ4v) is 3.24. The molecule has 0 saturated carbocycles. The first-order valence-electron chi connectivity index (χ1n) is 5.63. The van der Waals surface area contributed by atoms with E-state index in [0.29, 0.717) is 10.8 Å². The summed E-state index contributed by atoms with van der Waals surface area (Å²) in [5, 5.41) is 6.94. The van der Waals surface area contributed by atoms with Gasteiger partial charge in [0.05, 0.1) is 11.2 Å². The lowest BCUT2D eigenvalue weighted by Gasteiger charge is -1.98. The molecule has 100 valence electrons. The predicted molar refractivity (Wildman–Crippen MR) is 85.3 cm³/mol. The summed E-state index contributed by atoms with van der Waals surface area (Å²) in [4.78, 5) is 20.2. The average Bonchev–Trinajstić information content (AvgIpc) is 3.10. The third-order valence-corrected chi connectivity index (χ3v) is 4.35. The van der Waals surface area contributed by atoms with Crippen LogP contribution in [-0.4, -0.2) is 15.9 Å². The van der Waals surface area contributed by atoms with E-state index >= 15 is 0 Å². The first-order valence-corrected chi connectivity index (χ1v) is 8.25. The van der Waals surface area contributed by atoms with Gasteiger partial charge in [0.15, 0.2) is 5.13 Å². The van der Waals surface area contributed by atoms with Gasteiger partial charge < -0.3 is 0 Å². The van der Waals surface area contributed by atoms with Gasteiger partial charge in [-0.25, -0.2) is 9.97 Å². The molecule has 0 fully saturated rings. The van der Waals surface area contributed by atoms with Crippen LogP contribution in [0.1, 0.15) is 10.5 Å². The van der Waals surface area contributed by atoms with Crippen LogP contribution in [0.5, 0.6) is 0 Å². The number of anilines is 1. The van der Waals surface area contributed by atoms with E-state index in [-0.39, 0.29) is 5.91 Å². The zero-order valence-electron chi connectivity index (χ0n) is 10.0. The molecule has 0 aliphatic heterocycles. The molecule has 0 aliphatic rings. The van der Waals surface area contributed by atoms with E-state index in [1.165, 1.54) is 22.7 Å². The standard InChI is InChI=1S/C13H8BrN3OS2/c14-9-3-1-2-8(4-9)10-6-20-13(16-10)17-12(18)11-5-19-7-15-11/h1-7H,(H,16,17,18). The van der Waals surface area contributed by atoms with Gasteiger partial charge in [0.25, 0.3) is 5.91 Å². The van der Waals surface area contributed by atoms with Crippen LogP contribution in [-0.2, 0) is 0 Å². The van der Waals surface area contributed by atoms with Gasteiger partial charge in [-0.3, -0.25) is 10.1 Å². The van der Waals surface area contributed by atoms with Gasteiger partial charge in [0.2, 0.25) is 0 Å². The number of nitrogens with one attached hydrogen (secondary N) is 1. The highest BCUT2D eigenvalue weighted by Gasteiger charge is 2.11. The van der Waals surface area contributed by atoms with Crippen LogP contribution < -0.4 is 5.32 Å². The first kappa shape index (κ1) is 13.4. The van der Waals surface area contributed by atoms with Gasteiger partial charge in [0.1, 0.15) is 5.69 Å². The van der Waals surface area contributed by atoms with Crippen molar-refractivity contribution in [3.05, 3.63) is 50.7 Å². The number of carbonyl (C=O) groups excluding carboxylic acids is 1. The molecule has 7 heteroatoms. The third-order valence-electron chi connectivity index (χ3n) is 2.51. The lowest BCUT2D eigenvalue weighted by atomic mass is 10.2. The van der Waals surface area contributed by atoms with Crippen LogP contribution >= 0.6 is 38.6 Å². The Kier molecular flexibility index (Phi) is 3.90. The van der Waals surface area contributed by atoms with Gasteiger partial charge in [-0.05, 0) is 12.1 Å². The lowest BCUT2D eigenvalue weighted by molar-refractivity contribution is 0.102. The SMILES string of the molecule is O=C(Nc1nc(-c2cccc(Br)c2)cs1)c1cscn1. The average molecular weight is 366 g/mol. The molecule has 0 aliphatic carbocycles. The van der Waals surface area contributed by atoms with Crippen LogP contribution in [0.2, 0.25) is 0 Å². The number of aromatic nitrogens is 2. The van der Waals surface area contributed by atoms with E-state index in [4.69, 9.17) is 0 Å². The van der Waals surface area contributed by atoms with Crippen molar-refractivity contribution in [3.8, 4) is 11.3 Å². The number of thiazole rings is 2. The molecule has 0 radical (unpaired) electrons. The summed E-state index contributed by atoms with van der Waals surface area (Å²) < 4.78 is 0.996. The zero-order valence-corrected chi connectivity index (χ0v) is 13.3. The maximum Gasteiger partial charge on any atom is 0.276 e. The molecule has 0 unspecified atom stereocenters. The Hall–Kier alpha value is -1.57. The summed E-state index contributed by atoms with van der Waals surface area (Å²) in [5.74, 6) is -0.235. The lowest BCUT2D eigenvalue weighted by Crippen LogP contribution is -2.11. The number of hydrogen-bond acceptors (Lipinski definition) is 5. The molecule has 1 N–H and O–H groups in total. The van der Waals surface area contributed by atoms with Crippen molar-refractivity contribution in [2.75, 3.05) is 5.32 Å². The number of carbonyl (C=O) groups is 1. The molecule has 0 spiro atoms. The molecule has 3 rings (SSSR count). The van der Waals surface area contributed by atoms with Crippen LogP contribution in [0.3, 0.4) is 0 Å². The maximum absolute atomic E-state index is 11.9. The van der Waals surface area contributed by atoms with Crippen molar-refractivity contribution >= 4 is 49.6 Å². The Bertz CT molecular complexity index is 740. The van der Waals surface area contributed by atoms with E-state index in [2.05, 4.69) is 31.2 Å². The van der Waals surface area contributed by atoms with Gasteiger partial charge in [-0.15, -0.1) is 22.7 Å². The van der Waals surface area contributed by atoms with E-state index in [9.17, 15) is 4.79 Å². The third kappa shape index (κ3) is 2.95. The zero-order chi connectivity index (χ0) is 13.9. The predicted octanol–water partition coefficient (Wildman–Crippen LogP) is 4.28. The van der Waals surface area contributed by atoms with Crippen LogP contribution in [0.15, 0.2) is 45.0 Å². The number of hydrogen-bond donors (Lipinski definition) is 1. The highest BCUT2D eigenvalue weighted by atomic mass is 79.9. The second-order valence-corrected chi connectivity index (χ2v) is 6.37. The van der Waals surface area contributed by atoms with Crippen molar-refractivity contribution in [1.82, 2.24) is 9.97 Å². The Balaban J connectivity index is 1.79. The van der Waals surface area contributed by atoms with E-state index in [0.717, 1.165) is 15.7 Å². The smallest absolute Gasteiger partial charge is 0.276 e. The van der Waals surface area contributed by atoms with Crippen LogP contribution in [0, 0.1) is 0 Å². The largest absolute Gasteiger partial charge is 0.296 e. The molecular formula is C13H8BrN3OS2. The minimum Gasteiger partial charge on any atom is -0.296 e. The van der Waals surface area contributed by atoms with E-state index < -0.39 is 0 Å². The number of amides is 1. The molecule has 1 amide bonds. The summed E-state index contributed by atoms with van der Waals surface area (Å²) in [7, 11) is 0. The number of rotatable bonds is 3. The maximum atomic E-state index is 11.9. The first-order chi connectivity index (χ1) is 9.72. The van der Waals surface area contributed by atoms with Crippen LogP contribution in [0.4, 0.5) is 5.13 Å². The second-order valence-electron chi connectivity index (χ2n) is 3.88. The van der Waals surface area contributed by atoms with Gasteiger partial charge >= 0.3 is 0 Å². The second kappa shape index (κ2) is 5.82.